The maximum absolute atomic E-state index is 2.39. The van der Waals surface area contributed by atoms with Gasteiger partial charge in [-0.05, 0) is 6.92 Å². The zero-order valence-corrected chi connectivity index (χ0v) is 9.64. The van der Waals surface area contributed by atoms with E-state index >= 15 is 0 Å². The second-order valence-electron chi connectivity index (χ2n) is 4.30. The summed E-state index contributed by atoms with van der Waals surface area (Å²) in [6.45, 7) is 4.66. The van der Waals surface area contributed by atoms with Gasteiger partial charge in [-0.15, -0.1) is 0 Å². The van der Waals surface area contributed by atoms with Gasteiger partial charge in [0.1, 0.15) is 0 Å². The van der Waals surface area contributed by atoms with Crippen molar-refractivity contribution in [3.05, 3.63) is 29.8 Å². The van der Waals surface area contributed by atoms with Crippen LogP contribution in [0.2, 0.25) is 18.1 Å². The normalized spacial score (nSPS) is 19.5. The van der Waals surface area contributed by atoms with Crippen LogP contribution in [0.3, 0.4) is 0 Å². The van der Waals surface area contributed by atoms with Crippen molar-refractivity contribution < 1.29 is 0 Å². The molecular formula is C12H18Si. The molecule has 0 radical (unpaired) electrons. The number of hydrogen-bond donors (Lipinski definition) is 0. The van der Waals surface area contributed by atoms with Gasteiger partial charge < -0.3 is 0 Å². The van der Waals surface area contributed by atoms with Crippen LogP contribution in [0.4, 0.5) is 0 Å². The van der Waals surface area contributed by atoms with Crippen molar-refractivity contribution in [3.63, 3.8) is 0 Å². The lowest BCUT2D eigenvalue weighted by Crippen LogP contribution is -2.53. The quantitative estimate of drug-likeness (QED) is 0.629. The third-order valence-electron chi connectivity index (χ3n) is 3.70. The molecule has 13 heavy (non-hydrogen) atoms. The van der Waals surface area contributed by atoms with Gasteiger partial charge in [0.05, 0.1) is 8.07 Å². The first-order valence-electron chi connectivity index (χ1n) is 5.35. The van der Waals surface area contributed by atoms with Crippen molar-refractivity contribution in [2.24, 2.45) is 0 Å². The fraction of sp³-hybridized carbons (Fsp3) is 0.500. The highest BCUT2D eigenvalue weighted by Gasteiger charge is 2.39. The Labute approximate surface area is 82.0 Å². The summed E-state index contributed by atoms with van der Waals surface area (Å²) in [4.78, 5) is 0. The molecule has 0 bridgehead atoms. The lowest BCUT2D eigenvalue weighted by molar-refractivity contribution is 0.895. The SMILES string of the molecule is CC[Si]1(c2ccccc2C)CCC1. The predicted octanol–water partition coefficient (Wildman–Crippen LogP) is 3.07. The summed E-state index contributed by atoms with van der Waals surface area (Å²) in [7, 11) is -0.937. The van der Waals surface area contributed by atoms with Gasteiger partial charge in [0.2, 0.25) is 0 Å². The molecule has 1 aliphatic rings. The summed E-state index contributed by atoms with van der Waals surface area (Å²) in [6.07, 6.45) is 1.48. The largest absolute Gasteiger partial charge is 0.0867 e. The average molecular weight is 190 g/mol. The van der Waals surface area contributed by atoms with Crippen molar-refractivity contribution in [1.82, 2.24) is 0 Å². The number of aryl methyl sites for hydroxylation is 1. The zero-order chi connectivity index (χ0) is 9.31. The van der Waals surface area contributed by atoms with E-state index in [1.54, 1.807) is 5.19 Å². The predicted molar refractivity (Wildman–Crippen MR) is 61.3 cm³/mol. The lowest BCUT2D eigenvalue weighted by atomic mass is 10.2. The Kier molecular flexibility index (Phi) is 2.29. The fourth-order valence-corrected chi connectivity index (χ4v) is 6.79. The van der Waals surface area contributed by atoms with E-state index in [0.29, 0.717) is 0 Å². The Bertz CT molecular complexity index is 294. The number of rotatable bonds is 2. The average Bonchev–Trinajstić information content (AvgIpc) is 2.07. The Balaban J connectivity index is 2.38. The van der Waals surface area contributed by atoms with Gasteiger partial charge in [0.15, 0.2) is 0 Å². The molecule has 0 atom stereocenters. The number of hydrogen-bond acceptors (Lipinski definition) is 0. The molecule has 1 aromatic carbocycles. The van der Waals surface area contributed by atoms with Crippen LogP contribution < -0.4 is 5.19 Å². The maximum Gasteiger partial charge on any atom is 0.0867 e. The molecule has 0 amide bonds. The van der Waals surface area contributed by atoms with Gasteiger partial charge in [-0.1, -0.05) is 66.5 Å². The molecule has 0 aromatic heterocycles. The van der Waals surface area contributed by atoms with E-state index in [9.17, 15) is 0 Å². The third kappa shape index (κ3) is 1.35. The van der Waals surface area contributed by atoms with Crippen LogP contribution in [0.15, 0.2) is 24.3 Å². The molecule has 0 saturated carbocycles. The molecule has 1 aliphatic heterocycles. The monoisotopic (exact) mass is 190 g/mol. The summed E-state index contributed by atoms with van der Waals surface area (Å²) in [5.41, 5.74) is 1.54. The second kappa shape index (κ2) is 3.30. The van der Waals surface area contributed by atoms with Crippen LogP contribution in [0.5, 0.6) is 0 Å². The van der Waals surface area contributed by atoms with Gasteiger partial charge in [-0.3, -0.25) is 0 Å². The molecule has 2 rings (SSSR count). The molecule has 1 saturated heterocycles. The fourth-order valence-electron chi connectivity index (χ4n) is 2.58. The van der Waals surface area contributed by atoms with E-state index in [0.717, 1.165) is 0 Å². The molecule has 1 aromatic rings. The van der Waals surface area contributed by atoms with Crippen LogP contribution in [0.25, 0.3) is 0 Å². The highest BCUT2D eigenvalue weighted by molar-refractivity contribution is 6.94. The van der Waals surface area contributed by atoms with Gasteiger partial charge in [-0.2, -0.15) is 0 Å². The van der Waals surface area contributed by atoms with Crippen LogP contribution in [-0.2, 0) is 0 Å². The van der Waals surface area contributed by atoms with Gasteiger partial charge in [0.25, 0.3) is 0 Å². The van der Waals surface area contributed by atoms with Crippen LogP contribution in [-0.4, -0.2) is 8.07 Å². The van der Waals surface area contributed by atoms with Crippen molar-refractivity contribution in [1.29, 1.82) is 0 Å². The molecule has 70 valence electrons. The highest BCUT2D eigenvalue weighted by Crippen LogP contribution is 2.35. The molecule has 0 aliphatic carbocycles. The Morgan fingerprint density at radius 3 is 2.38 bits per heavy atom. The smallest absolute Gasteiger partial charge is 0.0675 e. The molecule has 1 heteroatoms. The van der Waals surface area contributed by atoms with Gasteiger partial charge in [-0.25, -0.2) is 0 Å². The van der Waals surface area contributed by atoms with E-state index in [1.165, 1.54) is 30.1 Å². The third-order valence-corrected chi connectivity index (χ3v) is 9.38. The van der Waals surface area contributed by atoms with Crippen LogP contribution in [0.1, 0.15) is 18.9 Å². The van der Waals surface area contributed by atoms with E-state index < -0.39 is 8.07 Å². The molecule has 0 N–H and O–H groups in total. The topological polar surface area (TPSA) is 0 Å². The summed E-state index contributed by atoms with van der Waals surface area (Å²) in [6, 6.07) is 13.5. The number of benzene rings is 1. The van der Waals surface area contributed by atoms with Crippen molar-refractivity contribution in [3.8, 4) is 0 Å². The van der Waals surface area contributed by atoms with Gasteiger partial charge >= 0.3 is 0 Å². The van der Waals surface area contributed by atoms with E-state index in [-0.39, 0.29) is 0 Å². The lowest BCUT2D eigenvalue weighted by Gasteiger charge is -2.40. The summed E-state index contributed by atoms with van der Waals surface area (Å²) >= 11 is 0. The standard InChI is InChI=1S/C12H18Si/c1-3-13(9-6-10-13)12-8-5-4-7-11(12)2/h4-5,7-8H,3,6,9-10H2,1-2H3. The Hall–Kier alpha value is -0.563. The first kappa shape index (κ1) is 9.01. The maximum atomic E-state index is 2.39. The minimum atomic E-state index is -0.937. The molecule has 1 heterocycles. The Morgan fingerprint density at radius 2 is 1.92 bits per heavy atom. The van der Waals surface area contributed by atoms with E-state index in [4.69, 9.17) is 0 Å². The minimum absolute atomic E-state index is 0.937. The molecule has 0 nitrogen and oxygen atoms in total. The van der Waals surface area contributed by atoms with Crippen molar-refractivity contribution in [2.75, 3.05) is 0 Å². The van der Waals surface area contributed by atoms with Crippen LogP contribution >= 0.6 is 0 Å². The summed E-state index contributed by atoms with van der Waals surface area (Å²) in [5, 5.41) is 1.74. The molecule has 0 spiro atoms. The minimum Gasteiger partial charge on any atom is -0.0675 e. The zero-order valence-electron chi connectivity index (χ0n) is 8.64. The highest BCUT2D eigenvalue weighted by atomic mass is 28.3. The van der Waals surface area contributed by atoms with E-state index in [1.807, 2.05) is 0 Å². The molecule has 0 unspecified atom stereocenters. The molecular weight excluding hydrogens is 172 g/mol. The summed E-state index contributed by atoms with van der Waals surface area (Å²) in [5.74, 6) is 0. The Morgan fingerprint density at radius 1 is 1.23 bits per heavy atom. The van der Waals surface area contributed by atoms with Gasteiger partial charge in [0, 0.05) is 0 Å². The first-order chi connectivity index (χ1) is 6.28. The first-order valence-corrected chi connectivity index (χ1v) is 7.97. The van der Waals surface area contributed by atoms with Crippen molar-refractivity contribution >= 4 is 13.3 Å². The van der Waals surface area contributed by atoms with Crippen LogP contribution in [0, 0.1) is 6.92 Å². The molecule has 1 fully saturated rings. The summed E-state index contributed by atoms with van der Waals surface area (Å²) < 4.78 is 0. The van der Waals surface area contributed by atoms with Crippen molar-refractivity contribution in [2.45, 2.75) is 38.4 Å². The second-order valence-corrected chi connectivity index (χ2v) is 9.11. The van der Waals surface area contributed by atoms with E-state index in [2.05, 4.69) is 38.1 Å².